The van der Waals surface area contributed by atoms with Crippen LogP contribution in [-0.2, 0) is 16.1 Å². The fraction of sp³-hybridized carbons (Fsp3) is 0.579. The average Bonchev–Trinajstić information content (AvgIpc) is 3.11. The van der Waals surface area contributed by atoms with Gasteiger partial charge in [0.2, 0.25) is 11.8 Å². The molecule has 140 valence electrons. The highest BCUT2D eigenvalue weighted by molar-refractivity contribution is 8.01. The molecule has 0 radical (unpaired) electrons. The van der Waals surface area contributed by atoms with Crippen molar-refractivity contribution < 1.29 is 9.59 Å². The first-order valence-corrected chi connectivity index (χ1v) is 10.5. The summed E-state index contributed by atoms with van der Waals surface area (Å²) in [7, 11) is 0. The monoisotopic (exact) mass is 393 g/mol. The van der Waals surface area contributed by atoms with Crippen molar-refractivity contribution in [2.45, 2.75) is 37.2 Å². The number of amides is 2. The maximum Gasteiger partial charge on any atom is 0.246 e. The standard InChI is InChI=1S/C19H24ClN3O2S/c1-19-6-5-17(24)23(19)16(13-26-19)18(25)22-9-7-21(8-10-22)12-14-3-2-4-15(20)11-14/h2-4,11,16H,5-10,12-13H2,1H3. The second-order valence-electron chi connectivity index (χ2n) is 7.50. The van der Waals surface area contributed by atoms with Gasteiger partial charge >= 0.3 is 0 Å². The second-order valence-corrected chi connectivity index (χ2v) is 9.43. The van der Waals surface area contributed by atoms with Gasteiger partial charge in [-0.25, -0.2) is 0 Å². The van der Waals surface area contributed by atoms with Crippen LogP contribution in [0.25, 0.3) is 0 Å². The van der Waals surface area contributed by atoms with Crippen molar-refractivity contribution in [1.82, 2.24) is 14.7 Å². The number of piperazine rings is 1. The van der Waals surface area contributed by atoms with E-state index in [2.05, 4.69) is 17.9 Å². The number of hydrogen-bond acceptors (Lipinski definition) is 4. The van der Waals surface area contributed by atoms with Crippen molar-refractivity contribution in [2.75, 3.05) is 31.9 Å². The van der Waals surface area contributed by atoms with E-state index in [1.165, 1.54) is 5.56 Å². The predicted octanol–water partition coefficient (Wildman–Crippen LogP) is 2.44. The molecule has 3 aliphatic rings. The molecule has 2 unspecified atom stereocenters. The first-order chi connectivity index (χ1) is 12.5. The quantitative estimate of drug-likeness (QED) is 0.791. The summed E-state index contributed by atoms with van der Waals surface area (Å²) < 4.78 is 0. The van der Waals surface area contributed by atoms with Crippen LogP contribution in [-0.4, -0.2) is 69.4 Å². The van der Waals surface area contributed by atoms with Crippen LogP contribution in [0.4, 0.5) is 0 Å². The molecule has 0 aliphatic carbocycles. The fourth-order valence-corrected chi connectivity index (χ4v) is 5.87. The Morgan fingerprint density at radius 1 is 1.31 bits per heavy atom. The van der Waals surface area contributed by atoms with Crippen LogP contribution >= 0.6 is 23.4 Å². The van der Waals surface area contributed by atoms with E-state index < -0.39 is 0 Å². The zero-order chi connectivity index (χ0) is 18.3. The Bertz CT molecular complexity index is 722. The molecule has 3 aliphatic heterocycles. The Morgan fingerprint density at radius 3 is 2.81 bits per heavy atom. The van der Waals surface area contributed by atoms with Crippen LogP contribution in [0.5, 0.6) is 0 Å². The molecule has 1 aromatic rings. The van der Waals surface area contributed by atoms with Gasteiger partial charge in [-0.15, -0.1) is 11.8 Å². The van der Waals surface area contributed by atoms with E-state index in [1.807, 2.05) is 28.0 Å². The number of carbonyl (C=O) groups excluding carboxylic acids is 2. The first-order valence-electron chi connectivity index (χ1n) is 9.18. The third kappa shape index (κ3) is 3.35. The molecule has 0 saturated carbocycles. The SMILES string of the molecule is CC12CCC(=O)N1C(C(=O)N1CCN(Cc3cccc(Cl)c3)CC1)CS2. The molecule has 2 amide bonds. The van der Waals surface area contributed by atoms with Crippen molar-refractivity contribution in [3.05, 3.63) is 34.9 Å². The van der Waals surface area contributed by atoms with Crippen molar-refractivity contribution in [3.63, 3.8) is 0 Å². The Hall–Kier alpha value is -1.24. The summed E-state index contributed by atoms with van der Waals surface area (Å²) in [5.74, 6) is 0.985. The molecule has 5 nitrogen and oxygen atoms in total. The van der Waals surface area contributed by atoms with Gasteiger partial charge in [0.05, 0.1) is 4.87 Å². The molecule has 0 bridgehead atoms. The third-order valence-corrected chi connectivity index (χ3v) is 7.45. The summed E-state index contributed by atoms with van der Waals surface area (Å²) in [6.07, 6.45) is 1.42. The smallest absolute Gasteiger partial charge is 0.246 e. The molecule has 0 N–H and O–H groups in total. The highest BCUT2D eigenvalue weighted by Crippen LogP contribution is 2.47. The van der Waals surface area contributed by atoms with Crippen LogP contribution in [0.15, 0.2) is 24.3 Å². The van der Waals surface area contributed by atoms with Gasteiger partial charge in [0, 0.05) is 49.9 Å². The van der Waals surface area contributed by atoms with E-state index in [0.29, 0.717) is 6.42 Å². The topological polar surface area (TPSA) is 43.9 Å². The molecule has 3 saturated heterocycles. The predicted molar refractivity (Wildman–Crippen MR) is 104 cm³/mol. The first kappa shape index (κ1) is 18.1. The number of benzene rings is 1. The van der Waals surface area contributed by atoms with E-state index in [0.717, 1.165) is 49.9 Å². The zero-order valence-electron chi connectivity index (χ0n) is 15.0. The van der Waals surface area contributed by atoms with Gasteiger partial charge in [-0.05, 0) is 31.0 Å². The maximum atomic E-state index is 13.0. The average molecular weight is 394 g/mol. The summed E-state index contributed by atoms with van der Waals surface area (Å²) in [6.45, 7) is 6.09. The molecule has 3 fully saturated rings. The minimum absolute atomic E-state index is 0.124. The van der Waals surface area contributed by atoms with Crippen LogP contribution in [0, 0.1) is 0 Å². The Balaban J connectivity index is 1.35. The lowest BCUT2D eigenvalue weighted by Crippen LogP contribution is -2.56. The van der Waals surface area contributed by atoms with Gasteiger partial charge in [0.15, 0.2) is 0 Å². The lowest BCUT2D eigenvalue weighted by Gasteiger charge is -2.38. The molecular formula is C19H24ClN3O2S. The molecule has 3 heterocycles. The highest BCUT2D eigenvalue weighted by Gasteiger charge is 2.53. The molecule has 2 atom stereocenters. The van der Waals surface area contributed by atoms with Gasteiger partial charge in [-0.1, -0.05) is 23.7 Å². The normalized spacial score (nSPS) is 29.3. The number of carbonyl (C=O) groups is 2. The summed E-state index contributed by atoms with van der Waals surface area (Å²) in [5.41, 5.74) is 1.20. The molecule has 0 spiro atoms. The number of halogens is 1. The van der Waals surface area contributed by atoms with E-state index >= 15 is 0 Å². The van der Waals surface area contributed by atoms with Crippen LogP contribution < -0.4 is 0 Å². The highest BCUT2D eigenvalue weighted by atomic mass is 35.5. The largest absolute Gasteiger partial charge is 0.338 e. The van der Waals surface area contributed by atoms with Gasteiger partial charge in [0.1, 0.15) is 6.04 Å². The minimum atomic E-state index is -0.278. The van der Waals surface area contributed by atoms with Crippen molar-refractivity contribution in [2.24, 2.45) is 0 Å². The zero-order valence-corrected chi connectivity index (χ0v) is 16.6. The van der Waals surface area contributed by atoms with E-state index in [9.17, 15) is 9.59 Å². The number of rotatable bonds is 3. The van der Waals surface area contributed by atoms with Crippen molar-refractivity contribution in [3.8, 4) is 0 Å². The minimum Gasteiger partial charge on any atom is -0.338 e. The Kier molecular flexibility index (Phi) is 4.92. The second kappa shape index (κ2) is 7.06. The van der Waals surface area contributed by atoms with Gasteiger partial charge in [-0.2, -0.15) is 0 Å². The Labute approximate surface area is 163 Å². The molecule has 0 aromatic heterocycles. The van der Waals surface area contributed by atoms with E-state index in [4.69, 9.17) is 11.6 Å². The summed E-state index contributed by atoms with van der Waals surface area (Å²) in [5, 5.41) is 0.758. The van der Waals surface area contributed by atoms with Crippen LogP contribution in [0.2, 0.25) is 5.02 Å². The van der Waals surface area contributed by atoms with Gasteiger partial charge in [-0.3, -0.25) is 14.5 Å². The third-order valence-electron chi connectivity index (χ3n) is 5.71. The Morgan fingerprint density at radius 2 is 2.08 bits per heavy atom. The molecular weight excluding hydrogens is 370 g/mol. The van der Waals surface area contributed by atoms with Crippen LogP contribution in [0.3, 0.4) is 0 Å². The number of fused-ring (bicyclic) bond motifs is 1. The lowest BCUT2D eigenvalue weighted by molar-refractivity contribution is -0.144. The lowest BCUT2D eigenvalue weighted by atomic mass is 10.1. The van der Waals surface area contributed by atoms with Crippen molar-refractivity contribution >= 4 is 35.2 Å². The number of thioether (sulfide) groups is 1. The molecule has 7 heteroatoms. The number of hydrogen-bond donors (Lipinski definition) is 0. The summed E-state index contributed by atoms with van der Waals surface area (Å²) >= 11 is 7.82. The van der Waals surface area contributed by atoms with Gasteiger partial charge in [0.25, 0.3) is 0 Å². The summed E-state index contributed by atoms with van der Waals surface area (Å²) in [6, 6.07) is 7.65. The molecule has 4 rings (SSSR count). The molecule has 1 aromatic carbocycles. The molecule has 26 heavy (non-hydrogen) atoms. The van der Waals surface area contributed by atoms with Crippen LogP contribution in [0.1, 0.15) is 25.3 Å². The van der Waals surface area contributed by atoms with E-state index in [-0.39, 0.29) is 22.7 Å². The summed E-state index contributed by atoms with van der Waals surface area (Å²) in [4.78, 5) is 31.3. The van der Waals surface area contributed by atoms with Crippen molar-refractivity contribution in [1.29, 1.82) is 0 Å². The fourth-order valence-electron chi connectivity index (χ4n) is 4.23. The van der Waals surface area contributed by atoms with E-state index in [1.54, 1.807) is 11.8 Å². The number of nitrogens with zero attached hydrogens (tertiary/aromatic N) is 3. The van der Waals surface area contributed by atoms with Gasteiger partial charge < -0.3 is 9.80 Å². The maximum absolute atomic E-state index is 13.0.